The summed E-state index contributed by atoms with van der Waals surface area (Å²) in [4.78, 5) is 27.1. The zero-order valence-corrected chi connectivity index (χ0v) is 16.6. The van der Waals surface area contributed by atoms with Gasteiger partial charge in [0.25, 0.3) is 5.69 Å². The SMILES string of the molecule is Cc1ccc(C2=N/C(=C\c3ccc(OCc4ccccc4)cc3)C(=O)O2)cc1[N+](=O)[O-]. The molecule has 0 atom stereocenters. The molecule has 0 bridgehead atoms. The number of esters is 1. The molecule has 0 fully saturated rings. The van der Waals surface area contributed by atoms with Crippen LogP contribution in [0.4, 0.5) is 5.69 Å². The monoisotopic (exact) mass is 414 g/mol. The van der Waals surface area contributed by atoms with Gasteiger partial charge in [-0.15, -0.1) is 0 Å². The highest BCUT2D eigenvalue weighted by Crippen LogP contribution is 2.24. The highest BCUT2D eigenvalue weighted by atomic mass is 16.6. The number of ether oxygens (including phenoxy) is 2. The minimum atomic E-state index is -0.609. The molecule has 7 heteroatoms. The van der Waals surface area contributed by atoms with Gasteiger partial charge in [-0.1, -0.05) is 48.5 Å². The second-order valence-electron chi connectivity index (χ2n) is 6.94. The lowest BCUT2D eigenvalue weighted by Gasteiger charge is -2.06. The molecular weight excluding hydrogens is 396 g/mol. The summed E-state index contributed by atoms with van der Waals surface area (Å²) < 4.78 is 11.0. The van der Waals surface area contributed by atoms with Gasteiger partial charge in [0.1, 0.15) is 12.4 Å². The fourth-order valence-corrected chi connectivity index (χ4v) is 3.03. The Morgan fingerprint density at radius 1 is 1.06 bits per heavy atom. The molecule has 4 rings (SSSR count). The maximum absolute atomic E-state index is 12.2. The Morgan fingerprint density at radius 3 is 2.52 bits per heavy atom. The predicted molar refractivity (Wildman–Crippen MR) is 116 cm³/mol. The highest BCUT2D eigenvalue weighted by molar-refractivity contribution is 6.13. The van der Waals surface area contributed by atoms with E-state index in [9.17, 15) is 14.9 Å². The van der Waals surface area contributed by atoms with Crippen molar-refractivity contribution in [1.82, 2.24) is 0 Å². The van der Waals surface area contributed by atoms with Crippen molar-refractivity contribution in [3.63, 3.8) is 0 Å². The van der Waals surface area contributed by atoms with Crippen LogP contribution in [0.3, 0.4) is 0 Å². The number of nitro groups is 1. The summed E-state index contributed by atoms with van der Waals surface area (Å²) in [6.45, 7) is 2.10. The number of aryl methyl sites for hydroxylation is 1. The molecule has 0 spiro atoms. The van der Waals surface area contributed by atoms with Crippen molar-refractivity contribution < 1.29 is 19.2 Å². The van der Waals surface area contributed by atoms with Gasteiger partial charge >= 0.3 is 5.97 Å². The number of hydrogen-bond donors (Lipinski definition) is 0. The fourth-order valence-electron chi connectivity index (χ4n) is 3.03. The van der Waals surface area contributed by atoms with Gasteiger partial charge in [-0.05, 0) is 42.3 Å². The molecule has 1 aliphatic rings. The summed E-state index contributed by atoms with van der Waals surface area (Å²) in [6, 6.07) is 21.7. The van der Waals surface area contributed by atoms with Crippen LogP contribution in [-0.4, -0.2) is 16.8 Å². The molecule has 0 amide bonds. The van der Waals surface area contributed by atoms with Crippen molar-refractivity contribution in [2.45, 2.75) is 13.5 Å². The lowest BCUT2D eigenvalue weighted by Crippen LogP contribution is -2.06. The van der Waals surface area contributed by atoms with E-state index < -0.39 is 10.9 Å². The van der Waals surface area contributed by atoms with E-state index >= 15 is 0 Å². The number of aliphatic imine (C=N–C) groups is 1. The molecule has 0 saturated heterocycles. The van der Waals surface area contributed by atoms with Crippen LogP contribution >= 0.6 is 0 Å². The summed E-state index contributed by atoms with van der Waals surface area (Å²) >= 11 is 0. The van der Waals surface area contributed by atoms with E-state index in [0.717, 1.165) is 11.1 Å². The van der Waals surface area contributed by atoms with Gasteiger partial charge in [-0.2, -0.15) is 0 Å². The van der Waals surface area contributed by atoms with Crippen molar-refractivity contribution >= 4 is 23.6 Å². The lowest BCUT2D eigenvalue weighted by molar-refractivity contribution is -0.385. The van der Waals surface area contributed by atoms with Crippen LogP contribution in [-0.2, 0) is 16.1 Å². The quantitative estimate of drug-likeness (QED) is 0.249. The summed E-state index contributed by atoms with van der Waals surface area (Å²) in [5.41, 5.74) is 2.78. The zero-order chi connectivity index (χ0) is 21.8. The summed E-state index contributed by atoms with van der Waals surface area (Å²) in [6.07, 6.45) is 1.60. The molecule has 3 aromatic rings. The topological polar surface area (TPSA) is 91.0 Å². The van der Waals surface area contributed by atoms with Crippen LogP contribution < -0.4 is 4.74 Å². The second kappa shape index (κ2) is 8.62. The van der Waals surface area contributed by atoms with Crippen molar-refractivity contribution in [3.05, 3.63) is 111 Å². The van der Waals surface area contributed by atoms with Crippen molar-refractivity contribution in [1.29, 1.82) is 0 Å². The molecule has 1 heterocycles. The maximum Gasteiger partial charge on any atom is 0.363 e. The molecule has 0 aliphatic carbocycles. The predicted octanol–water partition coefficient (Wildman–Crippen LogP) is 4.83. The van der Waals surface area contributed by atoms with E-state index in [1.165, 1.54) is 6.07 Å². The number of nitro benzene ring substituents is 1. The van der Waals surface area contributed by atoms with Crippen molar-refractivity contribution in [2.75, 3.05) is 0 Å². The second-order valence-corrected chi connectivity index (χ2v) is 6.94. The van der Waals surface area contributed by atoms with Gasteiger partial charge in [0.15, 0.2) is 5.70 Å². The zero-order valence-electron chi connectivity index (χ0n) is 16.6. The van der Waals surface area contributed by atoms with E-state index in [0.29, 0.717) is 23.5 Å². The van der Waals surface area contributed by atoms with E-state index in [1.807, 2.05) is 54.6 Å². The van der Waals surface area contributed by atoms with Crippen LogP contribution in [0.25, 0.3) is 6.08 Å². The largest absolute Gasteiger partial charge is 0.489 e. The van der Waals surface area contributed by atoms with Crippen LogP contribution in [0.5, 0.6) is 5.75 Å². The van der Waals surface area contributed by atoms with E-state index in [2.05, 4.69) is 4.99 Å². The first-order valence-corrected chi connectivity index (χ1v) is 9.54. The standard InChI is InChI=1S/C24H18N2O5/c1-16-7-10-19(14-22(16)26(28)29)23-25-21(24(27)31-23)13-17-8-11-20(12-9-17)30-15-18-5-3-2-4-6-18/h2-14H,15H2,1H3/b21-13-. The van der Waals surface area contributed by atoms with Gasteiger partial charge in [0.2, 0.25) is 5.90 Å². The van der Waals surface area contributed by atoms with Crippen molar-refractivity contribution in [2.24, 2.45) is 4.99 Å². The lowest BCUT2D eigenvalue weighted by atomic mass is 10.1. The third-order valence-corrected chi connectivity index (χ3v) is 4.71. The normalized spacial score (nSPS) is 14.3. The summed E-state index contributed by atoms with van der Waals surface area (Å²) in [5.74, 6) is 0.140. The number of carbonyl (C=O) groups excluding carboxylic acids is 1. The van der Waals surface area contributed by atoms with E-state index in [-0.39, 0.29) is 17.3 Å². The maximum atomic E-state index is 12.2. The summed E-state index contributed by atoms with van der Waals surface area (Å²) in [7, 11) is 0. The molecule has 0 aromatic heterocycles. The third kappa shape index (κ3) is 4.67. The molecule has 3 aromatic carbocycles. The molecule has 0 saturated carbocycles. The number of rotatable bonds is 6. The van der Waals surface area contributed by atoms with Crippen molar-refractivity contribution in [3.8, 4) is 5.75 Å². The number of nitrogens with zero attached hydrogens (tertiary/aromatic N) is 2. The minimum absolute atomic E-state index is 0.0437. The molecule has 0 radical (unpaired) electrons. The molecule has 0 N–H and O–H groups in total. The first-order valence-electron chi connectivity index (χ1n) is 9.54. The Bertz CT molecular complexity index is 1200. The van der Waals surface area contributed by atoms with Crippen LogP contribution in [0.1, 0.15) is 22.3 Å². The van der Waals surface area contributed by atoms with E-state index in [1.54, 1.807) is 25.1 Å². The van der Waals surface area contributed by atoms with Gasteiger partial charge < -0.3 is 9.47 Å². The number of cyclic esters (lactones) is 1. The molecule has 1 aliphatic heterocycles. The number of benzene rings is 3. The van der Waals surface area contributed by atoms with Gasteiger partial charge in [0, 0.05) is 17.2 Å². The average molecular weight is 414 g/mol. The third-order valence-electron chi connectivity index (χ3n) is 4.71. The Morgan fingerprint density at radius 2 is 1.81 bits per heavy atom. The van der Waals surface area contributed by atoms with Gasteiger partial charge in [-0.3, -0.25) is 10.1 Å². The number of carbonyl (C=O) groups is 1. The van der Waals surface area contributed by atoms with Gasteiger partial charge in [0.05, 0.1) is 4.92 Å². The molecular formula is C24H18N2O5. The van der Waals surface area contributed by atoms with Gasteiger partial charge in [-0.25, -0.2) is 9.79 Å². The fraction of sp³-hybridized carbons (Fsp3) is 0.0833. The Balaban J connectivity index is 1.49. The Hall–Kier alpha value is -4.26. The number of hydrogen-bond acceptors (Lipinski definition) is 6. The summed E-state index contributed by atoms with van der Waals surface area (Å²) in [5, 5.41) is 11.1. The van der Waals surface area contributed by atoms with Crippen LogP contribution in [0, 0.1) is 17.0 Å². The molecule has 7 nitrogen and oxygen atoms in total. The Kier molecular flexibility index (Phi) is 5.57. The smallest absolute Gasteiger partial charge is 0.363 e. The Labute approximate surface area is 178 Å². The first-order chi connectivity index (χ1) is 15.0. The molecule has 31 heavy (non-hydrogen) atoms. The molecule has 0 unspecified atom stereocenters. The average Bonchev–Trinajstić information content (AvgIpc) is 3.14. The van der Waals surface area contributed by atoms with E-state index in [4.69, 9.17) is 9.47 Å². The minimum Gasteiger partial charge on any atom is -0.489 e. The first kappa shape index (κ1) is 20.0. The van der Waals surface area contributed by atoms with Crippen LogP contribution in [0.2, 0.25) is 0 Å². The van der Waals surface area contributed by atoms with Crippen LogP contribution in [0.15, 0.2) is 83.5 Å². The molecule has 154 valence electrons. The highest BCUT2D eigenvalue weighted by Gasteiger charge is 2.25.